The van der Waals surface area contributed by atoms with Crippen LogP contribution in [0.2, 0.25) is 0 Å². The third-order valence-corrected chi connectivity index (χ3v) is 2.99. The van der Waals surface area contributed by atoms with Crippen molar-refractivity contribution >= 4 is 0 Å². The molecule has 1 fully saturated rings. The van der Waals surface area contributed by atoms with Crippen LogP contribution in [0.1, 0.15) is 27.2 Å². The number of hydrogen-bond acceptors (Lipinski definition) is 3. The minimum atomic E-state index is -0.0182. The molecule has 3 heteroatoms. The van der Waals surface area contributed by atoms with Gasteiger partial charge in [0.25, 0.3) is 0 Å². The molecule has 0 aromatic rings. The molecule has 0 radical (unpaired) electrons. The lowest BCUT2D eigenvalue weighted by Crippen LogP contribution is -2.53. The predicted octanol–water partition coefficient (Wildman–Crippen LogP) is 1.10. The van der Waals surface area contributed by atoms with E-state index in [1.165, 1.54) is 6.42 Å². The van der Waals surface area contributed by atoms with E-state index in [0.717, 1.165) is 26.2 Å². The Morgan fingerprint density at radius 3 is 2.79 bits per heavy atom. The van der Waals surface area contributed by atoms with Crippen molar-refractivity contribution in [2.45, 2.75) is 38.8 Å². The van der Waals surface area contributed by atoms with Crippen molar-refractivity contribution in [3.8, 4) is 0 Å². The molecule has 1 atom stereocenters. The van der Waals surface area contributed by atoms with E-state index in [-0.39, 0.29) is 5.60 Å². The van der Waals surface area contributed by atoms with Crippen LogP contribution in [0.3, 0.4) is 0 Å². The fraction of sp³-hybridized carbons (Fsp3) is 1.00. The Hall–Kier alpha value is -0.120. The van der Waals surface area contributed by atoms with E-state index in [2.05, 4.69) is 31.0 Å². The largest absolute Gasteiger partial charge is 0.377 e. The molecule has 1 aliphatic rings. The molecule has 0 aromatic carbocycles. The molecular weight excluding hydrogens is 176 g/mol. The number of hydrogen-bond donors (Lipinski definition) is 1. The van der Waals surface area contributed by atoms with E-state index in [1.54, 1.807) is 7.11 Å². The standard InChI is InChI=1S/C11H24N2O/c1-5-10-8-13(7-6-12-10)9-11(2,3)14-4/h10,12H,5-9H2,1-4H3. The Bertz CT molecular complexity index is 171. The van der Waals surface area contributed by atoms with Crippen LogP contribution in [0.4, 0.5) is 0 Å². The van der Waals surface area contributed by atoms with Gasteiger partial charge in [-0.15, -0.1) is 0 Å². The van der Waals surface area contributed by atoms with Crippen molar-refractivity contribution in [3.63, 3.8) is 0 Å². The number of nitrogens with zero attached hydrogens (tertiary/aromatic N) is 1. The van der Waals surface area contributed by atoms with E-state index in [4.69, 9.17) is 4.74 Å². The van der Waals surface area contributed by atoms with Gasteiger partial charge in [-0.25, -0.2) is 0 Å². The van der Waals surface area contributed by atoms with Gasteiger partial charge < -0.3 is 10.1 Å². The highest BCUT2D eigenvalue weighted by Crippen LogP contribution is 2.12. The molecule has 1 saturated heterocycles. The fourth-order valence-electron chi connectivity index (χ4n) is 1.91. The second-order valence-corrected chi connectivity index (χ2v) is 4.76. The summed E-state index contributed by atoms with van der Waals surface area (Å²) in [5.41, 5.74) is -0.0182. The van der Waals surface area contributed by atoms with Gasteiger partial charge >= 0.3 is 0 Å². The molecule has 0 spiro atoms. The van der Waals surface area contributed by atoms with Gasteiger partial charge in [-0.2, -0.15) is 0 Å². The first kappa shape index (κ1) is 12.0. The number of piperazine rings is 1. The van der Waals surface area contributed by atoms with Gasteiger partial charge in [0.15, 0.2) is 0 Å². The van der Waals surface area contributed by atoms with E-state index in [9.17, 15) is 0 Å². The maximum absolute atomic E-state index is 5.45. The Balaban J connectivity index is 2.37. The first-order chi connectivity index (χ1) is 6.57. The maximum atomic E-state index is 5.45. The highest BCUT2D eigenvalue weighted by molar-refractivity contribution is 4.82. The van der Waals surface area contributed by atoms with Gasteiger partial charge in [0.1, 0.15) is 0 Å². The van der Waals surface area contributed by atoms with Crippen LogP contribution in [-0.2, 0) is 4.74 Å². The van der Waals surface area contributed by atoms with Crippen LogP contribution in [0.5, 0.6) is 0 Å². The number of ether oxygens (including phenoxy) is 1. The van der Waals surface area contributed by atoms with Gasteiger partial charge in [-0.1, -0.05) is 6.92 Å². The molecule has 14 heavy (non-hydrogen) atoms. The van der Waals surface area contributed by atoms with Crippen molar-refractivity contribution in [1.82, 2.24) is 10.2 Å². The molecule has 1 heterocycles. The van der Waals surface area contributed by atoms with Crippen LogP contribution < -0.4 is 5.32 Å². The molecule has 84 valence electrons. The molecule has 3 nitrogen and oxygen atoms in total. The molecule has 1 unspecified atom stereocenters. The molecule has 0 amide bonds. The number of methoxy groups -OCH3 is 1. The van der Waals surface area contributed by atoms with E-state index < -0.39 is 0 Å². The molecule has 1 aliphatic heterocycles. The molecule has 1 rings (SSSR count). The second-order valence-electron chi connectivity index (χ2n) is 4.76. The molecule has 0 aromatic heterocycles. The zero-order valence-electron chi connectivity index (χ0n) is 9.97. The molecule has 0 saturated carbocycles. The van der Waals surface area contributed by atoms with Crippen molar-refractivity contribution in [2.24, 2.45) is 0 Å². The van der Waals surface area contributed by atoms with E-state index in [0.29, 0.717) is 6.04 Å². The van der Waals surface area contributed by atoms with Gasteiger partial charge in [-0.05, 0) is 20.3 Å². The third-order valence-electron chi connectivity index (χ3n) is 2.99. The fourth-order valence-corrected chi connectivity index (χ4v) is 1.91. The first-order valence-electron chi connectivity index (χ1n) is 5.58. The van der Waals surface area contributed by atoms with Gasteiger partial charge in [0, 0.05) is 39.3 Å². The lowest BCUT2D eigenvalue weighted by Gasteiger charge is -2.37. The zero-order chi connectivity index (χ0) is 10.6. The summed E-state index contributed by atoms with van der Waals surface area (Å²) >= 11 is 0. The van der Waals surface area contributed by atoms with E-state index in [1.807, 2.05) is 0 Å². The van der Waals surface area contributed by atoms with Crippen LogP contribution in [0.15, 0.2) is 0 Å². The normalized spacial score (nSPS) is 25.3. The summed E-state index contributed by atoms with van der Waals surface area (Å²) in [4.78, 5) is 2.49. The Labute approximate surface area is 87.8 Å². The summed E-state index contributed by atoms with van der Waals surface area (Å²) in [5.74, 6) is 0. The summed E-state index contributed by atoms with van der Waals surface area (Å²) < 4.78 is 5.45. The lowest BCUT2D eigenvalue weighted by molar-refractivity contribution is -0.0133. The average Bonchev–Trinajstić information content (AvgIpc) is 2.17. The summed E-state index contributed by atoms with van der Waals surface area (Å²) in [7, 11) is 1.79. The SMILES string of the molecule is CCC1CN(CC(C)(C)OC)CCN1. The zero-order valence-corrected chi connectivity index (χ0v) is 9.97. The van der Waals surface area contributed by atoms with Crippen LogP contribution in [-0.4, -0.2) is 49.8 Å². The number of rotatable bonds is 4. The number of nitrogens with one attached hydrogen (secondary N) is 1. The third kappa shape index (κ3) is 3.56. The summed E-state index contributed by atoms with van der Waals surface area (Å²) in [6.45, 7) is 11.0. The summed E-state index contributed by atoms with van der Waals surface area (Å²) in [6, 6.07) is 0.663. The Morgan fingerprint density at radius 1 is 1.50 bits per heavy atom. The molecular formula is C11H24N2O. The van der Waals surface area contributed by atoms with Gasteiger partial charge in [0.05, 0.1) is 5.60 Å². The molecule has 0 bridgehead atoms. The van der Waals surface area contributed by atoms with Gasteiger partial charge in [-0.3, -0.25) is 4.90 Å². The van der Waals surface area contributed by atoms with Crippen molar-refractivity contribution in [3.05, 3.63) is 0 Å². The predicted molar refractivity (Wildman–Crippen MR) is 59.6 cm³/mol. The summed E-state index contributed by atoms with van der Waals surface area (Å²) in [6.07, 6.45) is 1.21. The first-order valence-corrected chi connectivity index (χ1v) is 5.58. The highest BCUT2D eigenvalue weighted by Gasteiger charge is 2.24. The quantitative estimate of drug-likeness (QED) is 0.735. The van der Waals surface area contributed by atoms with E-state index >= 15 is 0 Å². The maximum Gasteiger partial charge on any atom is 0.0749 e. The second kappa shape index (κ2) is 5.10. The van der Waals surface area contributed by atoms with Gasteiger partial charge in [0.2, 0.25) is 0 Å². The van der Waals surface area contributed by atoms with Crippen LogP contribution in [0.25, 0.3) is 0 Å². The lowest BCUT2D eigenvalue weighted by atomic mass is 10.1. The summed E-state index contributed by atoms with van der Waals surface area (Å²) in [5, 5.41) is 3.52. The smallest absolute Gasteiger partial charge is 0.0749 e. The molecule has 0 aliphatic carbocycles. The van der Waals surface area contributed by atoms with Crippen LogP contribution in [0, 0.1) is 0 Å². The van der Waals surface area contributed by atoms with Crippen molar-refractivity contribution in [1.29, 1.82) is 0 Å². The molecule has 1 N–H and O–H groups in total. The Kier molecular flexibility index (Phi) is 4.35. The Morgan fingerprint density at radius 2 is 2.21 bits per heavy atom. The minimum Gasteiger partial charge on any atom is -0.377 e. The van der Waals surface area contributed by atoms with Crippen molar-refractivity contribution in [2.75, 3.05) is 33.3 Å². The highest BCUT2D eigenvalue weighted by atomic mass is 16.5. The average molecular weight is 200 g/mol. The monoisotopic (exact) mass is 200 g/mol. The topological polar surface area (TPSA) is 24.5 Å². The minimum absolute atomic E-state index is 0.0182. The van der Waals surface area contributed by atoms with Crippen molar-refractivity contribution < 1.29 is 4.74 Å². The van der Waals surface area contributed by atoms with Crippen LogP contribution >= 0.6 is 0 Å².